The Labute approximate surface area is 217 Å². The van der Waals surface area contributed by atoms with Gasteiger partial charge in [0, 0.05) is 36.5 Å². The summed E-state index contributed by atoms with van der Waals surface area (Å²) in [6.07, 6.45) is 0.953. The number of hydrogen-bond donors (Lipinski definition) is 0. The standard InChI is InChI=1S/C29H25F4N3O2/c30-25-16-23(9-10-24(25)29(31,32)33)36-27(20-11-13-34-14-12-20)17-26(35-36)28(37)21-6-3-15-38-18-22-5-2-1-4-19(22)7-8-21/h1-2,4-5,9-14,16-17,21H,3,6-8,15,18H2. The quantitative estimate of drug-likeness (QED) is 0.217. The number of hydrogen-bond acceptors (Lipinski definition) is 4. The zero-order valence-corrected chi connectivity index (χ0v) is 20.4. The fraction of sp³-hybridized carbons (Fsp3) is 0.276. The Morgan fingerprint density at radius 3 is 2.47 bits per heavy atom. The molecule has 1 aliphatic heterocycles. The molecule has 2 aromatic heterocycles. The summed E-state index contributed by atoms with van der Waals surface area (Å²) in [7, 11) is 0. The minimum absolute atomic E-state index is 0.0784. The summed E-state index contributed by atoms with van der Waals surface area (Å²) in [5.74, 6) is -1.89. The lowest BCUT2D eigenvalue weighted by Gasteiger charge is -2.18. The third kappa shape index (κ3) is 5.52. The van der Waals surface area contributed by atoms with E-state index in [0.717, 1.165) is 23.3 Å². The van der Waals surface area contributed by atoms with E-state index < -0.39 is 17.6 Å². The van der Waals surface area contributed by atoms with Gasteiger partial charge in [0.25, 0.3) is 0 Å². The summed E-state index contributed by atoms with van der Waals surface area (Å²) in [4.78, 5) is 17.7. The maximum absolute atomic E-state index is 14.4. The number of rotatable bonds is 4. The SMILES string of the molecule is O=C(c1cc(-c2ccncc2)n(-c2ccc(C(F)(F)F)c(F)c2)n1)C1CCCOCc2ccccc2CC1. The molecule has 9 heteroatoms. The van der Waals surface area contributed by atoms with Crippen LogP contribution in [0.5, 0.6) is 0 Å². The second-order valence-corrected chi connectivity index (χ2v) is 9.29. The number of ketones is 1. The van der Waals surface area contributed by atoms with Gasteiger partial charge in [-0.2, -0.15) is 18.3 Å². The van der Waals surface area contributed by atoms with Gasteiger partial charge in [0.15, 0.2) is 5.78 Å². The number of aromatic nitrogens is 3. The third-order valence-corrected chi connectivity index (χ3v) is 6.79. The Morgan fingerprint density at radius 1 is 0.974 bits per heavy atom. The Bertz CT molecular complexity index is 1430. The van der Waals surface area contributed by atoms with Crippen molar-refractivity contribution in [3.05, 3.63) is 101 Å². The topological polar surface area (TPSA) is 57.0 Å². The molecule has 0 radical (unpaired) electrons. The molecule has 0 aliphatic carbocycles. The van der Waals surface area contributed by atoms with Crippen LogP contribution in [0.3, 0.4) is 0 Å². The van der Waals surface area contributed by atoms with Crippen molar-refractivity contribution in [2.24, 2.45) is 5.92 Å². The molecule has 1 atom stereocenters. The number of halogens is 4. The Kier molecular flexibility index (Phi) is 7.37. The first-order chi connectivity index (χ1) is 18.3. The van der Waals surface area contributed by atoms with Crippen LogP contribution in [0.2, 0.25) is 0 Å². The third-order valence-electron chi connectivity index (χ3n) is 6.79. The molecule has 2 aromatic carbocycles. The molecule has 0 bridgehead atoms. The molecule has 0 spiro atoms. The average molecular weight is 524 g/mol. The molecule has 1 aliphatic rings. The van der Waals surface area contributed by atoms with Gasteiger partial charge in [0.2, 0.25) is 0 Å². The molecule has 0 amide bonds. The smallest absolute Gasteiger partial charge is 0.377 e. The molecule has 0 saturated carbocycles. The highest BCUT2D eigenvalue weighted by atomic mass is 19.4. The number of ether oxygens (including phenoxy) is 1. The summed E-state index contributed by atoms with van der Waals surface area (Å²) >= 11 is 0. The Balaban J connectivity index is 1.50. The molecule has 3 heterocycles. The number of Topliss-reactive ketones (excluding diaryl/α,β-unsaturated/α-hetero) is 1. The Hall–Kier alpha value is -3.85. The van der Waals surface area contributed by atoms with Crippen LogP contribution >= 0.6 is 0 Å². The number of alkyl halides is 3. The first-order valence-corrected chi connectivity index (χ1v) is 12.4. The van der Waals surface area contributed by atoms with Gasteiger partial charge in [-0.1, -0.05) is 24.3 Å². The molecule has 1 unspecified atom stereocenters. The predicted molar refractivity (Wildman–Crippen MR) is 133 cm³/mol. The van der Waals surface area contributed by atoms with Crippen molar-refractivity contribution in [2.45, 2.75) is 38.5 Å². The van der Waals surface area contributed by atoms with Crippen LogP contribution < -0.4 is 0 Å². The highest BCUT2D eigenvalue weighted by Crippen LogP contribution is 2.33. The van der Waals surface area contributed by atoms with E-state index >= 15 is 0 Å². The highest BCUT2D eigenvalue weighted by Gasteiger charge is 2.34. The minimum atomic E-state index is -4.82. The maximum atomic E-state index is 14.4. The van der Waals surface area contributed by atoms with Crippen LogP contribution in [0, 0.1) is 11.7 Å². The Morgan fingerprint density at radius 2 is 1.74 bits per heavy atom. The van der Waals surface area contributed by atoms with E-state index in [1.54, 1.807) is 30.6 Å². The lowest BCUT2D eigenvalue weighted by molar-refractivity contribution is -0.140. The van der Waals surface area contributed by atoms with E-state index in [4.69, 9.17) is 4.74 Å². The van der Waals surface area contributed by atoms with Gasteiger partial charge in [-0.3, -0.25) is 9.78 Å². The van der Waals surface area contributed by atoms with E-state index in [2.05, 4.69) is 10.1 Å². The van der Waals surface area contributed by atoms with Crippen molar-refractivity contribution in [1.29, 1.82) is 0 Å². The van der Waals surface area contributed by atoms with Gasteiger partial charge in [0.1, 0.15) is 11.5 Å². The first-order valence-electron chi connectivity index (χ1n) is 12.4. The van der Waals surface area contributed by atoms with Gasteiger partial charge < -0.3 is 4.74 Å². The van der Waals surface area contributed by atoms with Crippen LogP contribution in [0.1, 0.15) is 46.4 Å². The summed E-state index contributed by atoms with van der Waals surface area (Å²) in [5, 5.41) is 4.47. The molecule has 5 nitrogen and oxygen atoms in total. The molecule has 0 N–H and O–H groups in total. The molecule has 0 saturated heterocycles. The maximum Gasteiger partial charge on any atom is 0.419 e. The molecule has 4 aromatic rings. The van der Waals surface area contributed by atoms with Crippen LogP contribution in [0.15, 0.2) is 73.1 Å². The highest BCUT2D eigenvalue weighted by molar-refractivity contribution is 5.97. The molecule has 196 valence electrons. The van der Waals surface area contributed by atoms with E-state index in [9.17, 15) is 22.4 Å². The largest absolute Gasteiger partial charge is 0.419 e. The van der Waals surface area contributed by atoms with Crippen LogP contribution in [-0.2, 0) is 23.9 Å². The minimum Gasteiger partial charge on any atom is -0.377 e. The van der Waals surface area contributed by atoms with Gasteiger partial charge in [-0.05, 0) is 67.1 Å². The summed E-state index contributed by atoms with van der Waals surface area (Å²) < 4.78 is 60.9. The molecule has 0 fully saturated rings. The van der Waals surface area contributed by atoms with Gasteiger partial charge >= 0.3 is 6.18 Å². The number of fused-ring (bicyclic) bond motifs is 1. The fourth-order valence-corrected chi connectivity index (χ4v) is 4.79. The molecule has 5 rings (SSSR count). The fourth-order valence-electron chi connectivity index (χ4n) is 4.79. The van der Waals surface area contributed by atoms with E-state index in [-0.39, 0.29) is 23.1 Å². The first kappa shape index (κ1) is 25.8. The number of carbonyl (C=O) groups is 1. The second-order valence-electron chi connectivity index (χ2n) is 9.29. The molecular formula is C29H25F4N3O2. The van der Waals surface area contributed by atoms with E-state index in [0.29, 0.717) is 56.2 Å². The average Bonchev–Trinajstić information content (AvgIpc) is 3.36. The molecular weight excluding hydrogens is 498 g/mol. The monoisotopic (exact) mass is 523 g/mol. The predicted octanol–water partition coefficient (Wildman–Crippen LogP) is 6.83. The van der Waals surface area contributed by atoms with E-state index in [1.165, 1.54) is 4.68 Å². The number of nitrogens with zero attached hydrogens (tertiary/aromatic N) is 3. The normalized spacial score (nSPS) is 16.6. The van der Waals surface area contributed by atoms with Crippen LogP contribution in [-0.4, -0.2) is 27.2 Å². The van der Waals surface area contributed by atoms with Gasteiger partial charge in [-0.15, -0.1) is 0 Å². The zero-order chi connectivity index (χ0) is 26.7. The lowest BCUT2D eigenvalue weighted by Crippen LogP contribution is -2.19. The van der Waals surface area contributed by atoms with Crippen molar-refractivity contribution in [2.75, 3.05) is 6.61 Å². The second kappa shape index (κ2) is 10.9. The summed E-state index contributed by atoms with van der Waals surface area (Å²) in [5.41, 5.74) is 2.22. The number of benzene rings is 2. The van der Waals surface area contributed by atoms with Crippen LogP contribution in [0.25, 0.3) is 16.9 Å². The number of aryl methyl sites for hydroxylation is 1. The van der Waals surface area contributed by atoms with Gasteiger partial charge in [0.05, 0.1) is 23.6 Å². The summed E-state index contributed by atoms with van der Waals surface area (Å²) in [6, 6.07) is 15.6. The van der Waals surface area contributed by atoms with Crippen molar-refractivity contribution < 1.29 is 27.1 Å². The number of carbonyl (C=O) groups excluding carboxylic acids is 1. The van der Waals surface area contributed by atoms with Gasteiger partial charge in [-0.25, -0.2) is 9.07 Å². The summed E-state index contributed by atoms with van der Waals surface area (Å²) in [6.45, 7) is 1.07. The number of pyridine rings is 1. The van der Waals surface area contributed by atoms with Crippen molar-refractivity contribution in [3.63, 3.8) is 0 Å². The molecule has 38 heavy (non-hydrogen) atoms. The van der Waals surface area contributed by atoms with Crippen molar-refractivity contribution >= 4 is 5.78 Å². The van der Waals surface area contributed by atoms with Crippen LogP contribution in [0.4, 0.5) is 17.6 Å². The van der Waals surface area contributed by atoms with Crippen molar-refractivity contribution in [1.82, 2.24) is 14.8 Å². The lowest BCUT2D eigenvalue weighted by atomic mass is 9.88. The van der Waals surface area contributed by atoms with E-state index in [1.807, 2.05) is 24.3 Å². The van der Waals surface area contributed by atoms with Crippen molar-refractivity contribution in [3.8, 4) is 16.9 Å². The zero-order valence-electron chi connectivity index (χ0n) is 20.4.